The average Bonchev–Trinajstić information content (AvgIpc) is 2.28. The number of nitrogens with two attached hydrogens (primary N) is 1. The van der Waals surface area contributed by atoms with E-state index >= 15 is 0 Å². The lowest BCUT2D eigenvalue weighted by Crippen LogP contribution is -2.35. The van der Waals surface area contributed by atoms with E-state index in [1.54, 1.807) is 6.92 Å². The average molecular weight is 271 g/mol. The summed E-state index contributed by atoms with van der Waals surface area (Å²) in [6, 6.07) is 0. The molecule has 0 atom stereocenters. The maximum absolute atomic E-state index is 11.1. The van der Waals surface area contributed by atoms with Gasteiger partial charge in [0.05, 0.1) is 6.54 Å². The number of aromatic nitrogens is 2. The predicted octanol–water partition coefficient (Wildman–Crippen LogP) is 1.84. The highest BCUT2D eigenvalue weighted by molar-refractivity contribution is 6.30. The Morgan fingerprint density at radius 3 is 2.61 bits per heavy atom. The predicted molar refractivity (Wildman–Crippen MR) is 72.8 cm³/mol. The van der Waals surface area contributed by atoms with Crippen LogP contribution >= 0.6 is 11.6 Å². The van der Waals surface area contributed by atoms with Crippen molar-refractivity contribution >= 4 is 23.3 Å². The monoisotopic (exact) mass is 270 g/mol. The Kier molecular flexibility index (Phi) is 5.34. The molecule has 0 aliphatic carbocycles. The number of nitrogens with zero attached hydrogens (tertiary/aromatic N) is 3. The molecule has 0 saturated heterocycles. The molecule has 0 aliphatic heterocycles. The second kappa shape index (κ2) is 6.54. The largest absolute Gasteiger partial charge is 0.368 e. The number of anilines is 1. The summed E-state index contributed by atoms with van der Waals surface area (Å²) in [4.78, 5) is 21.4. The molecule has 0 aromatic carbocycles. The maximum atomic E-state index is 11.1. The quantitative estimate of drug-likeness (QED) is 0.801. The minimum absolute atomic E-state index is 0.146. The van der Waals surface area contributed by atoms with Crippen LogP contribution in [0.2, 0.25) is 5.15 Å². The van der Waals surface area contributed by atoms with Crippen LogP contribution < -0.4 is 10.6 Å². The molecule has 1 aromatic rings. The molecule has 0 saturated carbocycles. The molecule has 1 aromatic heterocycles. The second-order valence-corrected chi connectivity index (χ2v) is 4.61. The van der Waals surface area contributed by atoms with Gasteiger partial charge in [-0.15, -0.1) is 0 Å². The number of amides is 1. The molecule has 2 N–H and O–H groups in total. The number of aryl methyl sites for hydroxylation is 1. The van der Waals surface area contributed by atoms with Gasteiger partial charge in [0, 0.05) is 12.1 Å². The van der Waals surface area contributed by atoms with Crippen LogP contribution in [0, 0.1) is 13.8 Å². The standard InChI is InChI=1S/C12H19ClN4O/c1-4-5-6-17(7-10(14)18)12-8(2)11(13)15-9(3)16-12/h4-7H2,1-3H3,(H2,14,18). The van der Waals surface area contributed by atoms with E-state index in [-0.39, 0.29) is 12.5 Å². The Morgan fingerprint density at radius 1 is 1.39 bits per heavy atom. The van der Waals surface area contributed by atoms with Gasteiger partial charge in [-0.1, -0.05) is 24.9 Å². The summed E-state index contributed by atoms with van der Waals surface area (Å²) >= 11 is 6.04. The summed E-state index contributed by atoms with van der Waals surface area (Å²) in [6.45, 7) is 6.59. The van der Waals surface area contributed by atoms with Gasteiger partial charge in [0.15, 0.2) is 0 Å². The summed E-state index contributed by atoms with van der Waals surface area (Å²) < 4.78 is 0. The van der Waals surface area contributed by atoms with Crippen LogP contribution in [0.25, 0.3) is 0 Å². The van der Waals surface area contributed by atoms with Gasteiger partial charge in [0.25, 0.3) is 0 Å². The van der Waals surface area contributed by atoms with Gasteiger partial charge in [-0.05, 0) is 20.3 Å². The summed E-state index contributed by atoms with van der Waals surface area (Å²) in [6.07, 6.45) is 2.00. The highest BCUT2D eigenvalue weighted by Crippen LogP contribution is 2.23. The van der Waals surface area contributed by atoms with E-state index in [1.165, 1.54) is 0 Å². The third-order valence-electron chi connectivity index (χ3n) is 2.60. The molecule has 0 radical (unpaired) electrons. The van der Waals surface area contributed by atoms with Crippen LogP contribution in [0.4, 0.5) is 5.82 Å². The second-order valence-electron chi connectivity index (χ2n) is 4.25. The molecule has 1 rings (SSSR count). The van der Waals surface area contributed by atoms with Gasteiger partial charge < -0.3 is 10.6 Å². The van der Waals surface area contributed by atoms with Crippen molar-refractivity contribution in [1.29, 1.82) is 0 Å². The molecular formula is C12H19ClN4O. The lowest BCUT2D eigenvalue weighted by molar-refractivity contribution is -0.116. The first-order valence-corrected chi connectivity index (χ1v) is 6.37. The first-order chi connectivity index (χ1) is 8.45. The van der Waals surface area contributed by atoms with E-state index in [4.69, 9.17) is 17.3 Å². The molecular weight excluding hydrogens is 252 g/mol. The SMILES string of the molecule is CCCCN(CC(N)=O)c1nc(C)nc(Cl)c1C. The van der Waals surface area contributed by atoms with Crippen molar-refractivity contribution < 1.29 is 4.79 Å². The van der Waals surface area contributed by atoms with Crippen molar-refractivity contribution in [3.05, 3.63) is 16.5 Å². The number of unbranched alkanes of at least 4 members (excludes halogenated alkanes) is 1. The van der Waals surface area contributed by atoms with Gasteiger partial charge >= 0.3 is 0 Å². The van der Waals surface area contributed by atoms with Crippen LogP contribution in [-0.4, -0.2) is 29.0 Å². The van der Waals surface area contributed by atoms with E-state index in [1.807, 2.05) is 11.8 Å². The van der Waals surface area contributed by atoms with Crippen LogP contribution in [0.5, 0.6) is 0 Å². The topological polar surface area (TPSA) is 72.1 Å². The molecule has 100 valence electrons. The number of carbonyl (C=O) groups excluding carboxylic acids is 1. The van der Waals surface area contributed by atoms with Gasteiger partial charge in [-0.3, -0.25) is 4.79 Å². The van der Waals surface area contributed by atoms with Gasteiger partial charge in [0.2, 0.25) is 5.91 Å². The lowest BCUT2D eigenvalue weighted by Gasteiger charge is -2.24. The number of carbonyl (C=O) groups is 1. The summed E-state index contributed by atoms with van der Waals surface area (Å²) in [5.74, 6) is 0.907. The van der Waals surface area contributed by atoms with Crippen LogP contribution in [0.3, 0.4) is 0 Å². The van der Waals surface area contributed by atoms with Crippen molar-refractivity contribution in [2.24, 2.45) is 5.73 Å². The van der Waals surface area contributed by atoms with Crippen molar-refractivity contribution in [3.63, 3.8) is 0 Å². The summed E-state index contributed by atoms with van der Waals surface area (Å²) in [5, 5.41) is 0.420. The highest BCUT2D eigenvalue weighted by Gasteiger charge is 2.16. The third-order valence-corrected chi connectivity index (χ3v) is 2.97. The highest BCUT2D eigenvalue weighted by atomic mass is 35.5. The smallest absolute Gasteiger partial charge is 0.236 e. The fourth-order valence-electron chi connectivity index (χ4n) is 1.69. The maximum Gasteiger partial charge on any atom is 0.236 e. The molecule has 0 aliphatic rings. The van der Waals surface area contributed by atoms with Crippen molar-refractivity contribution in [2.75, 3.05) is 18.0 Å². The molecule has 18 heavy (non-hydrogen) atoms. The van der Waals surface area contributed by atoms with E-state index in [0.717, 1.165) is 24.9 Å². The van der Waals surface area contributed by atoms with Crippen molar-refractivity contribution in [1.82, 2.24) is 9.97 Å². The Hall–Kier alpha value is -1.36. The van der Waals surface area contributed by atoms with E-state index in [2.05, 4.69) is 16.9 Å². The lowest BCUT2D eigenvalue weighted by atomic mass is 10.2. The Morgan fingerprint density at radius 2 is 2.06 bits per heavy atom. The molecule has 6 heteroatoms. The van der Waals surface area contributed by atoms with Crippen molar-refractivity contribution in [2.45, 2.75) is 33.6 Å². The molecule has 0 unspecified atom stereocenters. The van der Waals surface area contributed by atoms with Crippen LogP contribution in [0.15, 0.2) is 0 Å². The van der Waals surface area contributed by atoms with Gasteiger partial charge in [-0.25, -0.2) is 9.97 Å². The van der Waals surface area contributed by atoms with Gasteiger partial charge in [0.1, 0.15) is 16.8 Å². The third kappa shape index (κ3) is 3.84. The molecule has 1 amide bonds. The number of hydrogen-bond donors (Lipinski definition) is 1. The van der Waals surface area contributed by atoms with Crippen LogP contribution in [0.1, 0.15) is 31.2 Å². The van der Waals surface area contributed by atoms with E-state index in [0.29, 0.717) is 16.8 Å². The molecule has 1 heterocycles. The Balaban J connectivity index is 3.06. The minimum atomic E-state index is -0.377. The number of hydrogen-bond acceptors (Lipinski definition) is 4. The summed E-state index contributed by atoms with van der Waals surface area (Å²) in [5.41, 5.74) is 6.05. The Bertz CT molecular complexity index is 436. The fraction of sp³-hybridized carbons (Fsp3) is 0.583. The first-order valence-electron chi connectivity index (χ1n) is 5.99. The fourth-order valence-corrected chi connectivity index (χ4v) is 1.89. The molecule has 0 bridgehead atoms. The van der Waals surface area contributed by atoms with Crippen molar-refractivity contribution in [3.8, 4) is 0 Å². The number of primary amides is 1. The normalized spacial score (nSPS) is 10.4. The molecule has 0 spiro atoms. The zero-order valence-corrected chi connectivity index (χ0v) is 11.8. The molecule has 0 fully saturated rings. The number of rotatable bonds is 6. The summed E-state index contributed by atoms with van der Waals surface area (Å²) in [7, 11) is 0. The van der Waals surface area contributed by atoms with E-state index < -0.39 is 0 Å². The first kappa shape index (κ1) is 14.7. The van der Waals surface area contributed by atoms with E-state index in [9.17, 15) is 4.79 Å². The Labute approximate surface area is 112 Å². The van der Waals surface area contributed by atoms with Crippen LogP contribution in [-0.2, 0) is 4.79 Å². The number of halogens is 1. The minimum Gasteiger partial charge on any atom is -0.368 e. The van der Waals surface area contributed by atoms with Gasteiger partial charge in [-0.2, -0.15) is 0 Å². The molecule has 5 nitrogen and oxygen atoms in total. The zero-order valence-electron chi connectivity index (χ0n) is 11.0. The zero-order chi connectivity index (χ0) is 13.7.